The number of benzene rings is 2. The molecular weight excluding hydrogens is 276 g/mol. The molecule has 0 saturated heterocycles. The maximum atomic E-state index is 11.5. The van der Waals surface area contributed by atoms with Crippen LogP contribution < -0.4 is 0 Å². The molecule has 0 spiro atoms. The van der Waals surface area contributed by atoms with Crippen molar-refractivity contribution in [2.75, 3.05) is 0 Å². The SMILES string of the molecule is C=CCc1ccc2ccccc2c1S(=O)(=O)O.[CaH2]. The van der Waals surface area contributed by atoms with Crippen LogP contribution in [0.2, 0.25) is 0 Å². The zero-order valence-corrected chi connectivity index (χ0v) is 9.94. The molecule has 0 unspecified atom stereocenters. The first-order chi connectivity index (χ1) is 8.04. The van der Waals surface area contributed by atoms with Crippen LogP contribution in [0.1, 0.15) is 5.56 Å². The Morgan fingerprint density at radius 1 is 1.17 bits per heavy atom. The Morgan fingerprint density at radius 2 is 1.83 bits per heavy atom. The van der Waals surface area contributed by atoms with Crippen molar-refractivity contribution in [3.05, 3.63) is 54.6 Å². The van der Waals surface area contributed by atoms with E-state index < -0.39 is 10.1 Å². The Labute approximate surface area is 136 Å². The van der Waals surface area contributed by atoms with Crippen LogP contribution >= 0.6 is 0 Å². The van der Waals surface area contributed by atoms with Gasteiger partial charge in [-0.3, -0.25) is 4.55 Å². The monoisotopic (exact) mass is 290 g/mol. The molecule has 0 bridgehead atoms. The number of hydrogen-bond donors (Lipinski definition) is 1. The van der Waals surface area contributed by atoms with Gasteiger partial charge in [0, 0.05) is 5.39 Å². The number of fused-ring (bicyclic) bond motifs is 1. The van der Waals surface area contributed by atoms with Gasteiger partial charge in [-0.1, -0.05) is 42.5 Å². The summed E-state index contributed by atoms with van der Waals surface area (Å²) in [6.45, 7) is 3.58. The van der Waals surface area contributed by atoms with Crippen LogP contribution in [-0.4, -0.2) is 50.7 Å². The predicted molar refractivity (Wildman–Crippen MR) is 76.2 cm³/mol. The molecular formula is C13H14CaO3S. The molecule has 0 aliphatic heterocycles. The first-order valence-corrected chi connectivity index (χ1v) is 6.57. The fraction of sp³-hybridized carbons (Fsp3) is 0.0769. The second-order valence-corrected chi connectivity index (χ2v) is 5.10. The Bertz CT molecular complexity index is 678. The summed E-state index contributed by atoms with van der Waals surface area (Å²) in [6.07, 6.45) is 2.01. The molecule has 0 aromatic heterocycles. The molecule has 1 N–H and O–H groups in total. The Hall–Kier alpha value is -0.390. The summed E-state index contributed by atoms with van der Waals surface area (Å²) in [7, 11) is -4.23. The third kappa shape index (κ3) is 3.13. The van der Waals surface area contributed by atoms with Crippen molar-refractivity contribution in [1.29, 1.82) is 0 Å². The van der Waals surface area contributed by atoms with Gasteiger partial charge in [0.15, 0.2) is 0 Å². The second-order valence-electron chi connectivity index (χ2n) is 3.74. The summed E-state index contributed by atoms with van der Waals surface area (Å²) in [5.74, 6) is 0. The van der Waals surface area contributed by atoms with Crippen molar-refractivity contribution in [3.8, 4) is 0 Å². The van der Waals surface area contributed by atoms with E-state index in [2.05, 4.69) is 6.58 Å². The summed E-state index contributed by atoms with van der Waals surface area (Å²) in [6, 6.07) is 10.6. The van der Waals surface area contributed by atoms with E-state index in [1.54, 1.807) is 24.3 Å². The summed E-state index contributed by atoms with van der Waals surface area (Å²) < 4.78 is 32.3. The summed E-state index contributed by atoms with van der Waals surface area (Å²) in [5.41, 5.74) is 0.557. The molecule has 92 valence electrons. The van der Waals surface area contributed by atoms with Crippen molar-refractivity contribution in [1.82, 2.24) is 0 Å². The van der Waals surface area contributed by atoms with Crippen LogP contribution in [-0.2, 0) is 16.5 Å². The Morgan fingerprint density at radius 3 is 2.44 bits per heavy atom. The van der Waals surface area contributed by atoms with Gasteiger partial charge in [0.2, 0.25) is 0 Å². The molecule has 5 heteroatoms. The van der Waals surface area contributed by atoms with E-state index in [1.165, 1.54) is 0 Å². The van der Waals surface area contributed by atoms with Crippen molar-refractivity contribution in [2.45, 2.75) is 11.3 Å². The zero-order valence-electron chi connectivity index (χ0n) is 9.13. The van der Waals surface area contributed by atoms with Crippen molar-refractivity contribution in [3.63, 3.8) is 0 Å². The van der Waals surface area contributed by atoms with Gasteiger partial charge in [-0.15, -0.1) is 6.58 Å². The molecule has 2 aromatic carbocycles. The minimum atomic E-state index is -4.23. The van der Waals surface area contributed by atoms with E-state index >= 15 is 0 Å². The minimum absolute atomic E-state index is 0. The first kappa shape index (κ1) is 15.7. The van der Waals surface area contributed by atoms with Gasteiger partial charge in [0.05, 0.1) is 0 Å². The normalized spacial score (nSPS) is 10.9. The van der Waals surface area contributed by atoms with Crippen LogP contribution in [0, 0.1) is 0 Å². The van der Waals surface area contributed by atoms with E-state index in [-0.39, 0.29) is 42.6 Å². The van der Waals surface area contributed by atoms with Gasteiger partial charge in [-0.05, 0) is 17.4 Å². The molecule has 3 nitrogen and oxygen atoms in total. The molecule has 0 radical (unpaired) electrons. The van der Waals surface area contributed by atoms with Gasteiger partial charge in [-0.25, -0.2) is 0 Å². The third-order valence-corrected chi connectivity index (χ3v) is 3.58. The van der Waals surface area contributed by atoms with Crippen LogP contribution in [0.5, 0.6) is 0 Å². The fourth-order valence-corrected chi connectivity index (χ4v) is 2.86. The van der Waals surface area contributed by atoms with Gasteiger partial charge in [-0.2, -0.15) is 8.42 Å². The quantitative estimate of drug-likeness (QED) is 0.533. The van der Waals surface area contributed by atoms with Crippen molar-refractivity contribution >= 4 is 58.6 Å². The van der Waals surface area contributed by atoms with E-state index in [0.29, 0.717) is 17.4 Å². The van der Waals surface area contributed by atoms with Crippen molar-refractivity contribution in [2.24, 2.45) is 0 Å². The summed E-state index contributed by atoms with van der Waals surface area (Å²) in [4.78, 5) is -0.0181. The topological polar surface area (TPSA) is 54.4 Å². The van der Waals surface area contributed by atoms with Gasteiger partial charge in [0.1, 0.15) is 4.90 Å². The molecule has 2 aromatic rings. The molecule has 0 atom stereocenters. The molecule has 0 amide bonds. The number of hydrogen-bond acceptors (Lipinski definition) is 2. The third-order valence-electron chi connectivity index (χ3n) is 2.58. The van der Waals surface area contributed by atoms with Crippen LogP contribution in [0.3, 0.4) is 0 Å². The summed E-state index contributed by atoms with van der Waals surface area (Å²) >= 11 is 0. The second kappa shape index (κ2) is 6.17. The molecule has 0 heterocycles. The molecule has 18 heavy (non-hydrogen) atoms. The molecule has 2 rings (SSSR count). The average Bonchev–Trinajstić information content (AvgIpc) is 2.27. The van der Waals surface area contributed by atoms with E-state index in [0.717, 1.165) is 5.39 Å². The average molecular weight is 290 g/mol. The first-order valence-electron chi connectivity index (χ1n) is 5.13. The zero-order chi connectivity index (χ0) is 12.5. The van der Waals surface area contributed by atoms with Crippen LogP contribution in [0.4, 0.5) is 0 Å². The van der Waals surface area contributed by atoms with Gasteiger partial charge in [0.25, 0.3) is 10.1 Å². The van der Waals surface area contributed by atoms with E-state index in [9.17, 15) is 13.0 Å². The number of allylic oxidation sites excluding steroid dienone is 1. The predicted octanol–water partition coefficient (Wildman–Crippen LogP) is 1.90. The Kier molecular flexibility index (Phi) is 5.37. The summed E-state index contributed by atoms with van der Waals surface area (Å²) in [5, 5.41) is 1.32. The van der Waals surface area contributed by atoms with E-state index in [4.69, 9.17) is 0 Å². The standard InChI is InChI=1S/C13H12O3S.Ca.2H/c1-2-5-11-9-8-10-6-3-4-7-12(10)13(11)17(14,15)16;;;/h2-4,6-9H,1,5H2,(H,14,15,16);;;. The van der Waals surface area contributed by atoms with Crippen LogP contribution in [0.15, 0.2) is 53.9 Å². The molecule has 0 aliphatic carbocycles. The molecule has 0 fully saturated rings. The van der Waals surface area contributed by atoms with Gasteiger partial charge < -0.3 is 0 Å². The van der Waals surface area contributed by atoms with Gasteiger partial charge >= 0.3 is 37.7 Å². The maximum absolute atomic E-state index is 11.5. The van der Waals surface area contributed by atoms with E-state index in [1.807, 2.05) is 18.2 Å². The molecule has 0 aliphatic rings. The van der Waals surface area contributed by atoms with Crippen molar-refractivity contribution < 1.29 is 13.0 Å². The Balaban J connectivity index is 0.00000162. The fourth-order valence-electron chi connectivity index (χ4n) is 1.91. The molecule has 0 saturated carbocycles. The number of rotatable bonds is 3. The van der Waals surface area contributed by atoms with Crippen LogP contribution in [0.25, 0.3) is 10.8 Å².